The van der Waals surface area contributed by atoms with E-state index in [9.17, 15) is 0 Å². The second kappa shape index (κ2) is 6.29. The number of nitrogens with two attached hydrogens (primary N) is 1. The summed E-state index contributed by atoms with van der Waals surface area (Å²) in [4.78, 5) is 6.77. The van der Waals surface area contributed by atoms with Crippen LogP contribution in [0, 0.1) is 0 Å². The zero-order chi connectivity index (χ0) is 13.0. The molecule has 1 aromatic heterocycles. The molecule has 1 aliphatic heterocycles. The van der Waals surface area contributed by atoms with Crippen molar-refractivity contribution in [1.29, 1.82) is 0 Å². The Balaban J connectivity index is 2.06. The fourth-order valence-corrected chi connectivity index (χ4v) is 2.48. The molecule has 1 aliphatic rings. The molecule has 102 valence electrons. The van der Waals surface area contributed by atoms with Crippen LogP contribution in [0.1, 0.15) is 25.2 Å². The first-order valence-corrected chi connectivity index (χ1v) is 6.53. The fourth-order valence-electron chi connectivity index (χ4n) is 2.48. The van der Waals surface area contributed by atoms with Crippen LogP contribution in [-0.4, -0.2) is 46.8 Å². The lowest BCUT2D eigenvalue weighted by Crippen LogP contribution is -2.50. The van der Waals surface area contributed by atoms with Crippen LogP contribution in [0.3, 0.4) is 0 Å². The summed E-state index contributed by atoms with van der Waals surface area (Å²) < 4.78 is 7.83. The summed E-state index contributed by atoms with van der Waals surface area (Å²) in [5.74, 6) is 6.60. The van der Waals surface area contributed by atoms with E-state index in [0.29, 0.717) is 0 Å². The highest BCUT2D eigenvalue weighted by Gasteiger charge is 2.30. The van der Waals surface area contributed by atoms with E-state index >= 15 is 0 Å². The van der Waals surface area contributed by atoms with Gasteiger partial charge in [-0.05, 0) is 13.0 Å². The molecule has 0 aliphatic carbocycles. The van der Waals surface area contributed by atoms with Crippen LogP contribution in [0.25, 0.3) is 0 Å². The quantitative estimate of drug-likeness (QED) is 0.572. The molecule has 0 aromatic carbocycles. The van der Waals surface area contributed by atoms with E-state index in [2.05, 4.69) is 22.2 Å². The Kier molecular flexibility index (Phi) is 4.71. The summed E-state index contributed by atoms with van der Waals surface area (Å²) in [5.41, 5.74) is 2.84. The van der Waals surface area contributed by atoms with Crippen molar-refractivity contribution in [2.24, 2.45) is 12.9 Å². The molecule has 0 bridgehead atoms. The van der Waals surface area contributed by atoms with Gasteiger partial charge in [-0.25, -0.2) is 10.4 Å². The smallest absolute Gasteiger partial charge is 0.129 e. The summed E-state index contributed by atoms with van der Waals surface area (Å²) in [7, 11) is 1.97. The number of rotatable bonds is 5. The first-order valence-electron chi connectivity index (χ1n) is 6.53. The average molecular weight is 253 g/mol. The number of hydrogen-bond acceptors (Lipinski definition) is 5. The van der Waals surface area contributed by atoms with Crippen molar-refractivity contribution in [2.75, 3.05) is 26.2 Å². The summed E-state index contributed by atoms with van der Waals surface area (Å²) in [6.07, 6.45) is 4.92. The highest BCUT2D eigenvalue weighted by atomic mass is 16.5. The zero-order valence-corrected chi connectivity index (χ0v) is 11.2. The van der Waals surface area contributed by atoms with Gasteiger partial charge in [-0.15, -0.1) is 0 Å². The van der Waals surface area contributed by atoms with Gasteiger partial charge in [-0.3, -0.25) is 10.7 Å². The zero-order valence-electron chi connectivity index (χ0n) is 11.2. The van der Waals surface area contributed by atoms with Crippen LogP contribution in [0.4, 0.5) is 0 Å². The van der Waals surface area contributed by atoms with Crippen LogP contribution in [0.15, 0.2) is 12.4 Å². The maximum absolute atomic E-state index is 5.85. The van der Waals surface area contributed by atoms with Gasteiger partial charge in [-0.2, -0.15) is 0 Å². The van der Waals surface area contributed by atoms with Gasteiger partial charge in [0.1, 0.15) is 11.9 Å². The Morgan fingerprint density at radius 1 is 1.67 bits per heavy atom. The van der Waals surface area contributed by atoms with Crippen molar-refractivity contribution in [2.45, 2.75) is 25.5 Å². The molecule has 0 amide bonds. The lowest BCUT2D eigenvalue weighted by Gasteiger charge is -2.36. The predicted octanol–water partition coefficient (Wildman–Crippen LogP) is 0.0353. The minimum Gasteiger partial charge on any atom is -0.373 e. The molecule has 18 heavy (non-hydrogen) atoms. The minimum atomic E-state index is -0.0651. The number of ether oxygens (including phenoxy) is 1. The van der Waals surface area contributed by atoms with Crippen molar-refractivity contribution in [1.82, 2.24) is 19.9 Å². The molecule has 0 saturated carbocycles. The maximum Gasteiger partial charge on any atom is 0.129 e. The number of hydrazine groups is 1. The van der Waals surface area contributed by atoms with Gasteiger partial charge in [-0.1, -0.05) is 6.92 Å². The first-order chi connectivity index (χ1) is 8.76. The minimum absolute atomic E-state index is 0.0522. The number of aromatic nitrogens is 2. The third-order valence-corrected chi connectivity index (χ3v) is 3.41. The van der Waals surface area contributed by atoms with Gasteiger partial charge in [0.25, 0.3) is 0 Å². The van der Waals surface area contributed by atoms with Crippen LogP contribution in [-0.2, 0) is 11.8 Å². The lowest BCUT2D eigenvalue weighted by atomic mass is 10.1. The van der Waals surface area contributed by atoms with Gasteiger partial charge >= 0.3 is 0 Å². The molecule has 2 rings (SSSR count). The monoisotopic (exact) mass is 253 g/mol. The normalized spacial score (nSPS) is 23.2. The van der Waals surface area contributed by atoms with E-state index in [4.69, 9.17) is 10.6 Å². The molecule has 1 aromatic rings. The van der Waals surface area contributed by atoms with Gasteiger partial charge in [0.2, 0.25) is 0 Å². The Labute approximate surface area is 108 Å². The number of imidazole rings is 1. The van der Waals surface area contributed by atoms with E-state index < -0.39 is 0 Å². The predicted molar refractivity (Wildman–Crippen MR) is 69.7 cm³/mol. The van der Waals surface area contributed by atoms with Gasteiger partial charge in [0, 0.05) is 32.5 Å². The first kappa shape index (κ1) is 13.5. The molecular weight excluding hydrogens is 230 g/mol. The fraction of sp³-hybridized carbons (Fsp3) is 0.750. The van der Waals surface area contributed by atoms with Gasteiger partial charge in [0.15, 0.2) is 0 Å². The van der Waals surface area contributed by atoms with E-state index in [1.807, 2.05) is 17.8 Å². The Morgan fingerprint density at radius 3 is 3.11 bits per heavy atom. The lowest BCUT2D eigenvalue weighted by molar-refractivity contribution is -0.0488. The maximum atomic E-state index is 5.85. The largest absolute Gasteiger partial charge is 0.373 e. The molecule has 1 fully saturated rings. The van der Waals surface area contributed by atoms with E-state index in [1.165, 1.54) is 0 Å². The number of nitrogens with zero attached hydrogens (tertiary/aromatic N) is 3. The van der Waals surface area contributed by atoms with Gasteiger partial charge < -0.3 is 9.30 Å². The Bertz CT molecular complexity index is 365. The van der Waals surface area contributed by atoms with Crippen LogP contribution in [0.2, 0.25) is 0 Å². The Hall–Kier alpha value is -0.950. The second-order valence-corrected chi connectivity index (χ2v) is 4.75. The molecule has 6 nitrogen and oxygen atoms in total. The van der Waals surface area contributed by atoms with Crippen LogP contribution >= 0.6 is 0 Å². The third-order valence-electron chi connectivity index (χ3n) is 3.41. The van der Waals surface area contributed by atoms with Crippen molar-refractivity contribution >= 4 is 0 Å². The number of hydrogen-bond donors (Lipinski definition) is 2. The molecule has 3 N–H and O–H groups in total. The SMILES string of the molecule is CCCN1CCOC(C(NN)c2nccn2C)C1. The number of aryl methyl sites for hydroxylation is 1. The summed E-state index contributed by atoms with van der Waals surface area (Å²) in [6.45, 7) is 5.96. The second-order valence-electron chi connectivity index (χ2n) is 4.75. The highest BCUT2D eigenvalue weighted by molar-refractivity contribution is 5.02. The van der Waals surface area contributed by atoms with Gasteiger partial charge in [0.05, 0.1) is 12.7 Å². The summed E-state index contributed by atoms with van der Waals surface area (Å²) in [6, 6.07) is -0.0651. The molecular formula is C12H23N5O. The van der Waals surface area contributed by atoms with E-state index in [1.54, 1.807) is 6.20 Å². The molecule has 0 radical (unpaired) electrons. The molecule has 1 saturated heterocycles. The highest BCUT2D eigenvalue weighted by Crippen LogP contribution is 2.20. The number of nitrogens with one attached hydrogen (secondary N) is 1. The average Bonchev–Trinajstić information content (AvgIpc) is 2.78. The topological polar surface area (TPSA) is 68.3 Å². The summed E-state index contributed by atoms with van der Waals surface area (Å²) in [5, 5.41) is 0. The van der Waals surface area contributed by atoms with Crippen molar-refractivity contribution < 1.29 is 4.74 Å². The number of morpholine rings is 1. The summed E-state index contributed by atoms with van der Waals surface area (Å²) >= 11 is 0. The third kappa shape index (κ3) is 2.89. The molecule has 6 heteroatoms. The van der Waals surface area contributed by atoms with Crippen molar-refractivity contribution in [3.05, 3.63) is 18.2 Å². The van der Waals surface area contributed by atoms with E-state index in [0.717, 1.165) is 38.5 Å². The molecule has 2 unspecified atom stereocenters. The Morgan fingerprint density at radius 2 is 2.50 bits per heavy atom. The van der Waals surface area contributed by atoms with Crippen LogP contribution in [0.5, 0.6) is 0 Å². The molecule has 0 spiro atoms. The van der Waals surface area contributed by atoms with Crippen LogP contribution < -0.4 is 11.3 Å². The van der Waals surface area contributed by atoms with E-state index in [-0.39, 0.29) is 12.1 Å². The standard InChI is InChI=1S/C12H23N5O/c1-3-5-17-7-8-18-10(9-17)11(15-13)12-14-4-6-16(12)2/h4,6,10-11,15H,3,5,7-9,13H2,1-2H3. The van der Waals surface area contributed by atoms with Crippen molar-refractivity contribution in [3.63, 3.8) is 0 Å². The molecule has 2 heterocycles. The molecule has 2 atom stereocenters. The van der Waals surface area contributed by atoms with Crippen molar-refractivity contribution in [3.8, 4) is 0 Å².